The largest absolute Gasteiger partial charge is 0.373 e. The lowest BCUT2D eigenvalue weighted by Gasteiger charge is -2.04. The molecule has 0 spiro atoms. The third-order valence-corrected chi connectivity index (χ3v) is 1.67. The van der Waals surface area contributed by atoms with Gasteiger partial charge in [0, 0.05) is 5.69 Å². The highest BCUT2D eigenvalue weighted by atomic mass is 16.7. The van der Waals surface area contributed by atoms with Crippen molar-refractivity contribution in [2.45, 2.75) is 6.42 Å². The number of urea groups is 1. The highest BCUT2D eigenvalue weighted by Gasteiger charge is 2.04. The summed E-state index contributed by atoms with van der Waals surface area (Å²) in [6.07, 6.45) is 0.0464. The van der Waals surface area contributed by atoms with Crippen molar-refractivity contribution in [3.05, 3.63) is 29.8 Å². The molecule has 0 aliphatic heterocycles. The molecule has 0 bridgehead atoms. The number of nitrogens with one attached hydrogen (secondary N) is 1. The molecule has 0 saturated carbocycles. The van der Waals surface area contributed by atoms with Gasteiger partial charge in [0.15, 0.2) is 0 Å². The number of anilines is 1. The standard InChI is InChI=1S/C9H11N3O3/c10-9(14)12-7-3-1-2-6(4-7)5-8(13)15-11/h1-4H,5,11H2,(H3,10,12,14). The van der Waals surface area contributed by atoms with Crippen LogP contribution in [0.25, 0.3) is 0 Å². The predicted molar refractivity (Wildman–Crippen MR) is 53.6 cm³/mol. The van der Waals surface area contributed by atoms with Gasteiger partial charge in [0.1, 0.15) is 0 Å². The van der Waals surface area contributed by atoms with Crippen molar-refractivity contribution in [3.63, 3.8) is 0 Å². The van der Waals surface area contributed by atoms with Gasteiger partial charge in [-0.2, -0.15) is 5.90 Å². The summed E-state index contributed by atoms with van der Waals surface area (Å²) < 4.78 is 0. The Morgan fingerprint density at radius 1 is 1.40 bits per heavy atom. The van der Waals surface area contributed by atoms with Gasteiger partial charge in [0.05, 0.1) is 6.42 Å². The second-order valence-corrected chi connectivity index (χ2v) is 2.86. The van der Waals surface area contributed by atoms with Gasteiger partial charge in [-0.3, -0.25) is 4.79 Å². The average molecular weight is 209 g/mol. The van der Waals surface area contributed by atoms with E-state index in [4.69, 9.17) is 11.6 Å². The minimum atomic E-state index is -0.659. The first-order chi connectivity index (χ1) is 7.11. The van der Waals surface area contributed by atoms with E-state index in [1.807, 2.05) is 0 Å². The lowest BCUT2D eigenvalue weighted by molar-refractivity contribution is -0.143. The summed E-state index contributed by atoms with van der Waals surface area (Å²) in [5.74, 6) is 4.15. The molecule has 6 nitrogen and oxygen atoms in total. The van der Waals surface area contributed by atoms with E-state index >= 15 is 0 Å². The maximum atomic E-state index is 10.9. The molecule has 1 aromatic carbocycles. The van der Waals surface area contributed by atoms with Crippen molar-refractivity contribution >= 4 is 17.7 Å². The lowest BCUT2D eigenvalue weighted by atomic mass is 10.1. The molecule has 0 radical (unpaired) electrons. The second kappa shape index (κ2) is 4.97. The van der Waals surface area contributed by atoms with Crippen molar-refractivity contribution < 1.29 is 14.4 Å². The molecule has 0 fully saturated rings. The number of benzene rings is 1. The number of nitrogens with two attached hydrogens (primary N) is 2. The van der Waals surface area contributed by atoms with Crippen LogP contribution in [0.3, 0.4) is 0 Å². The van der Waals surface area contributed by atoms with Crippen LogP contribution >= 0.6 is 0 Å². The molecule has 0 aliphatic carbocycles. The van der Waals surface area contributed by atoms with Gasteiger partial charge in [-0.25, -0.2) is 4.79 Å². The van der Waals surface area contributed by atoms with Gasteiger partial charge in [-0.05, 0) is 17.7 Å². The molecule has 0 aliphatic rings. The Kier molecular flexibility index (Phi) is 3.64. The number of carbonyl (C=O) groups excluding carboxylic acids is 2. The van der Waals surface area contributed by atoms with Crippen LogP contribution in [-0.4, -0.2) is 12.0 Å². The predicted octanol–water partition coefficient (Wildman–Crippen LogP) is 0.137. The number of primary amides is 1. The molecule has 1 rings (SSSR count). The van der Waals surface area contributed by atoms with Crippen LogP contribution < -0.4 is 16.9 Å². The first kappa shape index (κ1) is 11.0. The third-order valence-electron chi connectivity index (χ3n) is 1.67. The fraction of sp³-hybridized carbons (Fsp3) is 0.111. The highest BCUT2D eigenvalue weighted by molar-refractivity contribution is 5.88. The maximum absolute atomic E-state index is 10.9. The van der Waals surface area contributed by atoms with Crippen LogP contribution in [0.5, 0.6) is 0 Å². The van der Waals surface area contributed by atoms with E-state index in [1.165, 1.54) is 0 Å². The number of rotatable bonds is 3. The van der Waals surface area contributed by atoms with Crippen molar-refractivity contribution in [2.75, 3.05) is 5.32 Å². The fourth-order valence-electron chi connectivity index (χ4n) is 1.11. The summed E-state index contributed by atoms with van der Waals surface area (Å²) in [5, 5.41) is 2.39. The van der Waals surface area contributed by atoms with E-state index in [9.17, 15) is 9.59 Å². The minimum Gasteiger partial charge on any atom is -0.373 e. The van der Waals surface area contributed by atoms with Gasteiger partial charge >= 0.3 is 12.0 Å². The molecule has 5 N–H and O–H groups in total. The van der Waals surface area contributed by atoms with Gasteiger partial charge in [-0.15, -0.1) is 0 Å². The molecular weight excluding hydrogens is 198 g/mol. The quantitative estimate of drug-likeness (QED) is 0.615. The Morgan fingerprint density at radius 3 is 2.73 bits per heavy atom. The summed E-state index contributed by atoms with van der Waals surface area (Å²) in [7, 11) is 0. The Morgan fingerprint density at radius 2 is 2.13 bits per heavy atom. The molecule has 0 saturated heterocycles. The van der Waals surface area contributed by atoms with E-state index in [2.05, 4.69) is 10.2 Å². The summed E-state index contributed by atoms with van der Waals surface area (Å²) in [6, 6.07) is 6.01. The van der Waals surface area contributed by atoms with Gasteiger partial charge < -0.3 is 15.9 Å². The summed E-state index contributed by atoms with van der Waals surface area (Å²) >= 11 is 0. The number of hydrogen-bond donors (Lipinski definition) is 3. The van der Waals surface area contributed by atoms with E-state index < -0.39 is 12.0 Å². The van der Waals surface area contributed by atoms with Crippen LogP contribution in [0.15, 0.2) is 24.3 Å². The molecule has 80 valence electrons. The fourth-order valence-corrected chi connectivity index (χ4v) is 1.11. The molecule has 0 aromatic heterocycles. The molecule has 1 aromatic rings. The van der Waals surface area contributed by atoms with Crippen molar-refractivity contribution in [1.82, 2.24) is 0 Å². The molecule has 0 unspecified atom stereocenters. The summed E-state index contributed by atoms with van der Waals surface area (Å²) in [6.45, 7) is 0. The second-order valence-electron chi connectivity index (χ2n) is 2.86. The minimum absolute atomic E-state index is 0.0464. The van der Waals surface area contributed by atoms with Gasteiger partial charge in [-0.1, -0.05) is 12.1 Å². The molecule has 0 heterocycles. The Balaban J connectivity index is 2.74. The zero-order chi connectivity index (χ0) is 11.3. The SMILES string of the molecule is NOC(=O)Cc1cccc(NC(N)=O)c1. The third kappa shape index (κ3) is 3.65. The number of carbonyl (C=O) groups is 2. The number of amides is 2. The van der Waals surface area contributed by atoms with Gasteiger partial charge in [0.25, 0.3) is 0 Å². The van der Waals surface area contributed by atoms with Crippen LogP contribution in [0.1, 0.15) is 5.56 Å². The monoisotopic (exact) mass is 209 g/mol. The lowest BCUT2D eigenvalue weighted by Crippen LogP contribution is -2.19. The topological polar surface area (TPSA) is 107 Å². The first-order valence-corrected chi connectivity index (χ1v) is 4.17. The number of hydrogen-bond acceptors (Lipinski definition) is 4. The normalized spacial score (nSPS) is 9.40. The Hall–Kier alpha value is -2.08. The average Bonchev–Trinajstić information content (AvgIpc) is 2.17. The molecule has 0 atom stereocenters. The van der Waals surface area contributed by atoms with E-state index in [0.717, 1.165) is 0 Å². The van der Waals surface area contributed by atoms with Gasteiger partial charge in [0.2, 0.25) is 0 Å². The highest BCUT2D eigenvalue weighted by Crippen LogP contribution is 2.11. The molecular formula is C9H11N3O3. The summed E-state index contributed by atoms with van der Waals surface area (Å²) in [4.78, 5) is 25.4. The maximum Gasteiger partial charge on any atom is 0.328 e. The van der Waals surface area contributed by atoms with Crippen LogP contribution in [-0.2, 0) is 16.1 Å². The molecule has 2 amide bonds. The zero-order valence-electron chi connectivity index (χ0n) is 7.90. The Labute approximate surface area is 86.1 Å². The molecule has 6 heteroatoms. The summed E-state index contributed by atoms with van der Waals surface area (Å²) in [5.41, 5.74) is 6.14. The van der Waals surface area contributed by atoms with E-state index in [1.54, 1.807) is 24.3 Å². The molecule has 15 heavy (non-hydrogen) atoms. The van der Waals surface area contributed by atoms with E-state index in [-0.39, 0.29) is 6.42 Å². The smallest absolute Gasteiger partial charge is 0.328 e. The van der Waals surface area contributed by atoms with Crippen molar-refractivity contribution in [2.24, 2.45) is 11.6 Å². The zero-order valence-corrected chi connectivity index (χ0v) is 7.90. The van der Waals surface area contributed by atoms with Crippen LogP contribution in [0.2, 0.25) is 0 Å². The van der Waals surface area contributed by atoms with Crippen LogP contribution in [0, 0.1) is 0 Å². The van der Waals surface area contributed by atoms with Crippen molar-refractivity contribution in [1.29, 1.82) is 0 Å². The van der Waals surface area contributed by atoms with Crippen molar-refractivity contribution in [3.8, 4) is 0 Å². The Bertz CT molecular complexity index is 379. The first-order valence-electron chi connectivity index (χ1n) is 4.17. The van der Waals surface area contributed by atoms with E-state index in [0.29, 0.717) is 11.3 Å². The van der Waals surface area contributed by atoms with Crippen LogP contribution in [0.4, 0.5) is 10.5 Å².